The number of aliphatic hydroxyl groups is 1. The predicted molar refractivity (Wildman–Crippen MR) is 62.7 cm³/mol. The lowest BCUT2D eigenvalue weighted by Crippen LogP contribution is -2.14. The van der Waals surface area contributed by atoms with E-state index in [9.17, 15) is 9.50 Å². The van der Waals surface area contributed by atoms with Crippen LogP contribution in [0, 0.1) is 31.5 Å². The molecule has 1 N–H and O–H groups in total. The van der Waals surface area contributed by atoms with Gasteiger partial charge in [-0.3, -0.25) is 0 Å². The molecule has 0 spiro atoms. The van der Waals surface area contributed by atoms with E-state index in [0.29, 0.717) is 11.5 Å². The SMILES string of the molecule is Cc1cc(C)c(C(O)C(C)C2CC2)c(F)c1. The molecule has 1 nitrogen and oxygen atoms in total. The second-order valence-corrected chi connectivity index (χ2v) is 5.12. The third kappa shape index (κ3) is 2.12. The van der Waals surface area contributed by atoms with Crippen LogP contribution in [0.1, 0.15) is 42.6 Å². The smallest absolute Gasteiger partial charge is 0.129 e. The first kappa shape index (κ1) is 11.6. The maximum absolute atomic E-state index is 13.8. The molecule has 88 valence electrons. The highest BCUT2D eigenvalue weighted by Gasteiger charge is 2.34. The molecule has 2 rings (SSSR count). The summed E-state index contributed by atoms with van der Waals surface area (Å²) in [5.74, 6) is 0.475. The molecule has 0 bridgehead atoms. The van der Waals surface area contributed by atoms with Gasteiger partial charge in [-0.15, -0.1) is 0 Å². The van der Waals surface area contributed by atoms with Gasteiger partial charge in [-0.1, -0.05) is 13.0 Å². The highest BCUT2D eigenvalue weighted by atomic mass is 19.1. The van der Waals surface area contributed by atoms with E-state index in [4.69, 9.17) is 0 Å². The second-order valence-electron chi connectivity index (χ2n) is 5.12. The van der Waals surface area contributed by atoms with E-state index >= 15 is 0 Å². The molecule has 16 heavy (non-hydrogen) atoms. The van der Waals surface area contributed by atoms with Crippen LogP contribution in [0.15, 0.2) is 12.1 Å². The van der Waals surface area contributed by atoms with Crippen molar-refractivity contribution in [1.82, 2.24) is 0 Å². The minimum absolute atomic E-state index is 0.163. The van der Waals surface area contributed by atoms with Gasteiger partial charge in [-0.2, -0.15) is 0 Å². The van der Waals surface area contributed by atoms with Crippen molar-refractivity contribution in [2.45, 2.75) is 39.7 Å². The van der Waals surface area contributed by atoms with Gasteiger partial charge in [-0.25, -0.2) is 4.39 Å². The Labute approximate surface area is 96.3 Å². The van der Waals surface area contributed by atoms with Crippen molar-refractivity contribution in [2.24, 2.45) is 11.8 Å². The van der Waals surface area contributed by atoms with Crippen molar-refractivity contribution in [1.29, 1.82) is 0 Å². The van der Waals surface area contributed by atoms with Gasteiger partial charge in [0.2, 0.25) is 0 Å². The Morgan fingerprint density at radius 2 is 1.94 bits per heavy atom. The monoisotopic (exact) mass is 222 g/mol. The zero-order chi connectivity index (χ0) is 11.9. The minimum Gasteiger partial charge on any atom is -0.388 e. The van der Waals surface area contributed by atoms with Crippen molar-refractivity contribution in [3.63, 3.8) is 0 Å². The summed E-state index contributed by atoms with van der Waals surface area (Å²) in [6, 6.07) is 3.44. The first-order chi connectivity index (χ1) is 7.50. The standard InChI is InChI=1S/C14H19FO/c1-8-6-9(2)13(12(15)7-8)14(16)10(3)11-4-5-11/h6-7,10-11,14,16H,4-5H2,1-3H3. The van der Waals surface area contributed by atoms with Gasteiger partial charge in [0.1, 0.15) is 5.82 Å². The summed E-state index contributed by atoms with van der Waals surface area (Å²) in [5, 5.41) is 10.2. The summed E-state index contributed by atoms with van der Waals surface area (Å²) in [7, 11) is 0. The van der Waals surface area contributed by atoms with Gasteiger partial charge in [0.05, 0.1) is 6.10 Å². The zero-order valence-electron chi connectivity index (χ0n) is 10.1. The molecule has 1 aliphatic rings. The number of benzene rings is 1. The predicted octanol–water partition coefficient (Wildman–Crippen LogP) is 3.52. The Morgan fingerprint density at radius 1 is 1.31 bits per heavy atom. The van der Waals surface area contributed by atoms with Crippen LogP contribution < -0.4 is 0 Å². The molecule has 2 heteroatoms. The van der Waals surface area contributed by atoms with Crippen LogP contribution >= 0.6 is 0 Å². The third-order valence-electron chi connectivity index (χ3n) is 3.64. The summed E-state index contributed by atoms with van der Waals surface area (Å²) >= 11 is 0. The highest BCUT2D eigenvalue weighted by molar-refractivity contribution is 5.34. The number of aliphatic hydroxyl groups excluding tert-OH is 1. The molecule has 2 unspecified atom stereocenters. The molecule has 0 heterocycles. The van der Waals surface area contributed by atoms with Gasteiger partial charge in [-0.05, 0) is 55.7 Å². The van der Waals surface area contributed by atoms with E-state index in [-0.39, 0.29) is 11.7 Å². The van der Waals surface area contributed by atoms with E-state index in [0.717, 1.165) is 11.1 Å². The molecular formula is C14H19FO. The van der Waals surface area contributed by atoms with Crippen LogP contribution in [-0.2, 0) is 0 Å². The van der Waals surface area contributed by atoms with Crippen molar-refractivity contribution < 1.29 is 9.50 Å². The molecule has 0 amide bonds. The average Bonchev–Trinajstić information content (AvgIpc) is 2.97. The molecule has 1 aliphatic carbocycles. The first-order valence-corrected chi connectivity index (χ1v) is 5.95. The van der Waals surface area contributed by atoms with E-state index < -0.39 is 6.10 Å². The fourth-order valence-electron chi connectivity index (χ4n) is 2.44. The molecule has 0 radical (unpaired) electrons. The molecule has 1 fully saturated rings. The molecule has 1 aromatic rings. The van der Waals surface area contributed by atoms with E-state index in [1.807, 2.05) is 26.8 Å². The molecule has 0 saturated heterocycles. The van der Waals surface area contributed by atoms with Crippen LogP contribution in [0.4, 0.5) is 4.39 Å². The topological polar surface area (TPSA) is 20.2 Å². The van der Waals surface area contributed by atoms with E-state index in [1.54, 1.807) is 0 Å². The van der Waals surface area contributed by atoms with Crippen molar-refractivity contribution in [3.05, 3.63) is 34.6 Å². The number of hydrogen-bond donors (Lipinski definition) is 1. The van der Waals surface area contributed by atoms with Crippen LogP contribution in [-0.4, -0.2) is 5.11 Å². The normalized spacial score (nSPS) is 19.6. The summed E-state index contributed by atoms with van der Waals surface area (Å²) in [6.07, 6.45) is 1.68. The summed E-state index contributed by atoms with van der Waals surface area (Å²) < 4.78 is 13.8. The number of rotatable bonds is 3. The van der Waals surface area contributed by atoms with Crippen LogP contribution in [0.2, 0.25) is 0 Å². The van der Waals surface area contributed by atoms with E-state index in [1.165, 1.54) is 18.9 Å². The Morgan fingerprint density at radius 3 is 2.44 bits per heavy atom. The largest absolute Gasteiger partial charge is 0.388 e. The lowest BCUT2D eigenvalue weighted by atomic mass is 9.89. The van der Waals surface area contributed by atoms with Gasteiger partial charge in [0.15, 0.2) is 0 Å². The van der Waals surface area contributed by atoms with Crippen molar-refractivity contribution in [2.75, 3.05) is 0 Å². The maximum Gasteiger partial charge on any atom is 0.129 e. The Hall–Kier alpha value is -0.890. The van der Waals surface area contributed by atoms with E-state index in [2.05, 4.69) is 0 Å². The molecule has 2 atom stereocenters. The maximum atomic E-state index is 13.8. The molecule has 1 saturated carbocycles. The molecule has 0 aromatic heterocycles. The second kappa shape index (κ2) is 4.17. The van der Waals surface area contributed by atoms with Gasteiger partial charge in [0, 0.05) is 5.56 Å². The van der Waals surface area contributed by atoms with Crippen LogP contribution in [0.5, 0.6) is 0 Å². The molecule has 1 aromatic carbocycles. The summed E-state index contributed by atoms with van der Waals surface area (Å²) in [5.41, 5.74) is 2.26. The zero-order valence-corrected chi connectivity index (χ0v) is 10.1. The minimum atomic E-state index is -0.659. The number of aryl methyl sites for hydroxylation is 2. The lowest BCUT2D eigenvalue weighted by Gasteiger charge is -2.21. The summed E-state index contributed by atoms with van der Waals surface area (Å²) in [4.78, 5) is 0. The number of halogens is 1. The quantitative estimate of drug-likeness (QED) is 0.829. The fraction of sp³-hybridized carbons (Fsp3) is 0.571. The highest BCUT2D eigenvalue weighted by Crippen LogP contribution is 2.43. The van der Waals surface area contributed by atoms with Gasteiger partial charge < -0.3 is 5.11 Å². The van der Waals surface area contributed by atoms with Gasteiger partial charge in [0.25, 0.3) is 0 Å². The average molecular weight is 222 g/mol. The van der Waals surface area contributed by atoms with Gasteiger partial charge >= 0.3 is 0 Å². The Bertz CT molecular complexity index is 373. The fourth-order valence-corrected chi connectivity index (χ4v) is 2.44. The van der Waals surface area contributed by atoms with Crippen LogP contribution in [0.3, 0.4) is 0 Å². The van der Waals surface area contributed by atoms with Crippen LogP contribution in [0.25, 0.3) is 0 Å². The summed E-state index contributed by atoms with van der Waals surface area (Å²) in [6.45, 7) is 5.76. The lowest BCUT2D eigenvalue weighted by molar-refractivity contribution is 0.101. The molecular weight excluding hydrogens is 203 g/mol. The van der Waals surface area contributed by atoms with Crippen molar-refractivity contribution >= 4 is 0 Å². The van der Waals surface area contributed by atoms with Crippen molar-refractivity contribution in [3.8, 4) is 0 Å². The molecule has 0 aliphatic heterocycles. The Balaban J connectivity index is 2.31. The number of hydrogen-bond acceptors (Lipinski definition) is 1. The Kier molecular flexibility index (Phi) is 3.02. The first-order valence-electron chi connectivity index (χ1n) is 5.95. The third-order valence-corrected chi connectivity index (χ3v) is 3.64.